The van der Waals surface area contributed by atoms with E-state index in [0.717, 1.165) is 42.8 Å². The normalized spacial score (nSPS) is 15.0. The quantitative estimate of drug-likeness (QED) is 0.508. The van der Waals surface area contributed by atoms with Crippen LogP contribution in [0, 0.1) is 0 Å². The topological polar surface area (TPSA) is 88.3 Å². The van der Waals surface area contributed by atoms with E-state index in [1.807, 2.05) is 57.3 Å². The fourth-order valence-corrected chi connectivity index (χ4v) is 5.51. The molecule has 0 saturated carbocycles. The average Bonchev–Trinajstić information content (AvgIpc) is 3.46. The van der Waals surface area contributed by atoms with Gasteiger partial charge in [-0.1, -0.05) is 48.2 Å². The summed E-state index contributed by atoms with van der Waals surface area (Å²) in [6.07, 6.45) is 3.16. The van der Waals surface area contributed by atoms with Crippen LogP contribution in [-0.4, -0.2) is 49.7 Å². The summed E-state index contributed by atoms with van der Waals surface area (Å²) in [7, 11) is 0. The molecule has 7 nitrogen and oxygen atoms in total. The summed E-state index contributed by atoms with van der Waals surface area (Å²) in [5.41, 5.74) is 0.911. The first-order valence-corrected chi connectivity index (χ1v) is 12.1. The van der Waals surface area contributed by atoms with E-state index in [1.54, 1.807) is 0 Å². The van der Waals surface area contributed by atoms with Crippen LogP contribution in [0.1, 0.15) is 36.5 Å². The maximum Gasteiger partial charge on any atom is 0.305 e. The molecular weight excluding hydrogens is 432 g/mol. The van der Waals surface area contributed by atoms with Crippen molar-refractivity contribution in [1.29, 1.82) is 0 Å². The minimum Gasteiger partial charge on any atom is -0.481 e. The molecule has 1 aliphatic rings. The highest BCUT2D eigenvalue weighted by molar-refractivity contribution is 8.00. The van der Waals surface area contributed by atoms with Crippen molar-refractivity contribution in [2.75, 3.05) is 13.1 Å². The number of thioether (sulfide) groups is 1. The Morgan fingerprint density at radius 1 is 1.06 bits per heavy atom. The molecule has 0 unspecified atom stereocenters. The lowest BCUT2D eigenvalue weighted by Gasteiger charge is -2.30. The van der Waals surface area contributed by atoms with E-state index in [-0.39, 0.29) is 18.9 Å². The first-order valence-electron chi connectivity index (χ1n) is 10.3. The van der Waals surface area contributed by atoms with Crippen LogP contribution in [-0.2, 0) is 16.1 Å². The van der Waals surface area contributed by atoms with E-state index in [0.29, 0.717) is 11.0 Å². The Morgan fingerprint density at radius 2 is 1.84 bits per heavy atom. The largest absolute Gasteiger partial charge is 0.481 e. The minimum absolute atomic E-state index is 0.0416. The van der Waals surface area contributed by atoms with Crippen molar-refractivity contribution in [3.63, 3.8) is 0 Å². The fraction of sp³-hybridized carbons (Fsp3) is 0.364. The number of piperidine rings is 1. The Balaban J connectivity index is 1.67. The number of hydrogen-bond acceptors (Lipinski definition) is 6. The van der Waals surface area contributed by atoms with Crippen LogP contribution in [0.5, 0.6) is 0 Å². The van der Waals surface area contributed by atoms with Crippen molar-refractivity contribution >= 4 is 35.0 Å². The Kier molecular flexibility index (Phi) is 7.03. The Bertz CT molecular complexity index is 1010. The summed E-state index contributed by atoms with van der Waals surface area (Å²) >= 11 is 2.88. The third-order valence-corrected chi connectivity index (χ3v) is 7.31. The van der Waals surface area contributed by atoms with Gasteiger partial charge in [-0.05, 0) is 36.3 Å². The Morgan fingerprint density at radius 3 is 2.52 bits per heavy atom. The monoisotopic (exact) mass is 456 g/mol. The fourth-order valence-electron chi connectivity index (χ4n) is 3.65. The van der Waals surface area contributed by atoms with Gasteiger partial charge in [0.2, 0.25) is 5.91 Å². The van der Waals surface area contributed by atoms with Gasteiger partial charge in [0.25, 0.3) is 0 Å². The van der Waals surface area contributed by atoms with Crippen LogP contribution in [0.3, 0.4) is 0 Å². The second kappa shape index (κ2) is 10.1. The highest BCUT2D eigenvalue weighted by Gasteiger charge is 2.30. The number of likely N-dealkylation sites (tertiary alicyclic amines) is 1. The van der Waals surface area contributed by atoms with Crippen molar-refractivity contribution in [1.82, 2.24) is 19.7 Å². The van der Waals surface area contributed by atoms with Crippen molar-refractivity contribution in [3.05, 3.63) is 53.4 Å². The molecule has 1 atom stereocenters. The van der Waals surface area contributed by atoms with Crippen LogP contribution >= 0.6 is 23.1 Å². The van der Waals surface area contributed by atoms with Crippen LogP contribution < -0.4 is 0 Å². The summed E-state index contributed by atoms with van der Waals surface area (Å²) in [4.78, 5) is 27.6. The molecule has 0 spiro atoms. The number of carbonyl (C=O) groups excluding carboxylic acids is 1. The highest BCUT2D eigenvalue weighted by atomic mass is 32.2. The SMILES string of the molecule is O=C(O)CCn1c(S[C@H](C(=O)N2CCCCC2)c2ccccc2)nnc1-c1cccs1. The third kappa shape index (κ3) is 5.16. The first kappa shape index (κ1) is 21.6. The molecule has 3 aromatic rings. The van der Waals surface area contributed by atoms with Gasteiger partial charge in [-0.25, -0.2) is 0 Å². The number of aromatic nitrogens is 3. The van der Waals surface area contributed by atoms with E-state index in [2.05, 4.69) is 10.2 Å². The van der Waals surface area contributed by atoms with E-state index in [4.69, 9.17) is 0 Å². The van der Waals surface area contributed by atoms with Gasteiger partial charge in [0.1, 0.15) is 5.25 Å². The van der Waals surface area contributed by atoms with Crippen molar-refractivity contribution in [2.45, 2.75) is 42.6 Å². The second-order valence-electron chi connectivity index (χ2n) is 7.37. The lowest BCUT2D eigenvalue weighted by atomic mass is 10.1. The molecule has 1 saturated heterocycles. The smallest absolute Gasteiger partial charge is 0.305 e. The molecule has 1 aliphatic heterocycles. The van der Waals surface area contributed by atoms with E-state index >= 15 is 0 Å². The number of thiophene rings is 1. The molecule has 1 amide bonds. The van der Waals surface area contributed by atoms with Gasteiger partial charge < -0.3 is 14.6 Å². The molecule has 0 radical (unpaired) electrons. The molecule has 0 aliphatic carbocycles. The Labute approximate surface area is 189 Å². The summed E-state index contributed by atoms with van der Waals surface area (Å²) in [5.74, 6) is -0.178. The molecule has 31 heavy (non-hydrogen) atoms. The Hall–Kier alpha value is -2.65. The zero-order valence-electron chi connectivity index (χ0n) is 17.0. The predicted octanol–water partition coefficient (Wildman–Crippen LogP) is 4.33. The maximum absolute atomic E-state index is 13.5. The molecule has 2 aromatic heterocycles. The van der Waals surface area contributed by atoms with Crippen molar-refractivity contribution < 1.29 is 14.7 Å². The van der Waals surface area contributed by atoms with E-state index in [9.17, 15) is 14.7 Å². The van der Waals surface area contributed by atoms with Crippen LogP contribution in [0.4, 0.5) is 0 Å². The number of hydrogen-bond donors (Lipinski definition) is 1. The van der Waals surface area contributed by atoms with Gasteiger partial charge in [-0.2, -0.15) is 0 Å². The molecule has 0 bridgehead atoms. The summed E-state index contributed by atoms with van der Waals surface area (Å²) in [6.45, 7) is 1.79. The van der Waals surface area contributed by atoms with Gasteiger partial charge in [0, 0.05) is 19.6 Å². The van der Waals surface area contributed by atoms with Crippen molar-refractivity contribution in [2.24, 2.45) is 0 Å². The number of nitrogens with zero attached hydrogens (tertiary/aromatic N) is 4. The van der Waals surface area contributed by atoms with Gasteiger partial charge in [-0.15, -0.1) is 21.5 Å². The van der Waals surface area contributed by atoms with Crippen LogP contribution in [0.25, 0.3) is 10.7 Å². The molecular formula is C22H24N4O3S2. The zero-order valence-corrected chi connectivity index (χ0v) is 18.6. The molecule has 162 valence electrons. The van der Waals surface area contributed by atoms with Gasteiger partial charge >= 0.3 is 5.97 Å². The molecule has 4 rings (SSSR count). The maximum atomic E-state index is 13.5. The molecule has 1 aromatic carbocycles. The van der Waals surface area contributed by atoms with Crippen LogP contribution in [0.15, 0.2) is 53.0 Å². The summed E-state index contributed by atoms with van der Waals surface area (Å²) < 4.78 is 1.82. The number of carboxylic acids is 1. The van der Waals surface area contributed by atoms with E-state index in [1.165, 1.54) is 23.1 Å². The van der Waals surface area contributed by atoms with Gasteiger partial charge in [0.15, 0.2) is 11.0 Å². The number of carboxylic acid groups (broad SMARTS) is 1. The minimum atomic E-state index is -0.884. The predicted molar refractivity (Wildman–Crippen MR) is 121 cm³/mol. The summed E-state index contributed by atoms with van der Waals surface area (Å²) in [6, 6.07) is 13.6. The zero-order chi connectivity index (χ0) is 21.6. The van der Waals surface area contributed by atoms with Gasteiger partial charge in [0.05, 0.1) is 11.3 Å². The number of aliphatic carboxylic acids is 1. The lowest BCUT2D eigenvalue weighted by molar-refractivity contribution is -0.137. The van der Waals surface area contributed by atoms with Gasteiger partial charge in [-0.3, -0.25) is 9.59 Å². The molecule has 3 heterocycles. The standard InChI is InChI=1S/C22H24N4O3S2/c27-18(28)11-14-26-20(17-10-7-15-30-17)23-24-22(26)31-19(16-8-3-1-4-9-16)21(29)25-12-5-2-6-13-25/h1,3-4,7-10,15,19H,2,5-6,11-14H2,(H,27,28)/t19-/m0/s1. The van der Waals surface area contributed by atoms with E-state index < -0.39 is 11.2 Å². The number of amides is 1. The molecule has 9 heteroatoms. The highest BCUT2D eigenvalue weighted by Crippen LogP contribution is 2.38. The molecule has 1 N–H and O–H groups in total. The summed E-state index contributed by atoms with van der Waals surface area (Å²) in [5, 5.41) is 20.0. The third-order valence-electron chi connectivity index (χ3n) is 5.23. The lowest BCUT2D eigenvalue weighted by Crippen LogP contribution is -2.38. The second-order valence-corrected chi connectivity index (χ2v) is 9.39. The number of carbonyl (C=O) groups is 2. The van der Waals surface area contributed by atoms with Crippen LogP contribution in [0.2, 0.25) is 0 Å². The van der Waals surface area contributed by atoms with Crippen molar-refractivity contribution in [3.8, 4) is 10.7 Å². The average molecular weight is 457 g/mol. The number of rotatable bonds is 8. The number of benzene rings is 1. The molecule has 1 fully saturated rings. The first-order chi connectivity index (χ1) is 15.1.